The van der Waals surface area contributed by atoms with Crippen LogP contribution in [0.1, 0.15) is 22.4 Å². The second kappa shape index (κ2) is 7.49. The quantitative estimate of drug-likeness (QED) is 0.608. The molecule has 0 aliphatic carbocycles. The van der Waals surface area contributed by atoms with E-state index >= 15 is 0 Å². The lowest BCUT2D eigenvalue weighted by atomic mass is 10.0. The third kappa shape index (κ3) is 4.16. The number of aromatic nitrogens is 2. The van der Waals surface area contributed by atoms with Crippen LogP contribution in [-0.2, 0) is 25.7 Å². The topological polar surface area (TPSA) is 89.5 Å². The lowest BCUT2D eigenvalue weighted by Gasteiger charge is -2.27. The van der Waals surface area contributed by atoms with E-state index in [1.54, 1.807) is 12.1 Å². The van der Waals surface area contributed by atoms with E-state index in [-0.39, 0.29) is 22.9 Å². The summed E-state index contributed by atoms with van der Waals surface area (Å²) in [6.07, 6.45) is -3.97. The molecule has 0 unspecified atom stereocenters. The minimum Gasteiger partial charge on any atom is -0.508 e. The van der Waals surface area contributed by atoms with Gasteiger partial charge in [0, 0.05) is 36.8 Å². The van der Waals surface area contributed by atoms with Gasteiger partial charge in [-0.1, -0.05) is 12.1 Å². The third-order valence-electron chi connectivity index (χ3n) is 5.01. The molecule has 2 heterocycles. The number of phenolic OH excluding ortho intramolecular Hbond substituents is 2. The molecule has 0 atom stereocenters. The van der Waals surface area contributed by atoms with E-state index in [2.05, 4.69) is 9.97 Å². The predicted octanol–water partition coefficient (Wildman–Crippen LogP) is 3.43. The number of hydrogen-bond donors (Lipinski definition) is 3. The molecular formula is C21H18F3N3O3. The standard InChI is InChI=1S/C21H18F3N3O3/c22-21(23,24)14-3-1-13(2-4-14)19-25-18-11-27(6-5-17(18)20(30)26-19)10-12-7-15(28)9-16(29)8-12/h1-4,7-9,28-29H,5-6,10-11H2,(H,25,26,30). The first-order valence-corrected chi connectivity index (χ1v) is 9.23. The normalized spacial score (nSPS) is 14.5. The Morgan fingerprint density at radius 2 is 1.73 bits per heavy atom. The van der Waals surface area contributed by atoms with Gasteiger partial charge in [-0.2, -0.15) is 13.2 Å². The van der Waals surface area contributed by atoms with Crippen molar-refractivity contribution >= 4 is 0 Å². The van der Waals surface area contributed by atoms with Crippen LogP contribution in [0.2, 0.25) is 0 Å². The molecule has 0 saturated heterocycles. The van der Waals surface area contributed by atoms with Crippen molar-refractivity contribution in [3.63, 3.8) is 0 Å². The van der Waals surface area contributed by atoms with Gasteiger partial charge in [0.05, 0.1) is 11.3 Å². The number of aromatic hydroxyl groups is 2. The van der Waals surface area contributed by atoms with Crippen LogP contribution in [-0.4, -0.2) is 31.6 Å². The van der Waals surface area contributed by atoms with Crippen LogP contribution in [0.3, 0.4) is 0 Å². The van der Waals surface area contributed by atoms with Gasteiger partial charge in [-0.25, -0.2) is 4.98 Å². The Bertz CT molecular complexity index is 1120. The molecule has 4 rings (SSSR count). The Balaban J connectivity index is 1.59. The number of rotatable bonds is 3. The van der Waals surface area contributed by atoms with Gasteiger partial charge in [-0.15, -0.1) is 0 Å². The predicted molar refractivity (Wildman–Crippen MR) is 103 cm³/mol. The summed E-state index contributed by atoms with van der Waals surface area (Å²) in [6.45, 7) is 1.39. The Labute approximate surface area is 169 Å². The summed E-state index contributed by atoms with van der Waals surface area (Å²) < 4.78 is 38.3. The first-order chi connectivity index (χ1) is 14.2. The highest BCUT2D eigenvalue weighted by Crippen LogP contribution is 2.30. The van der Waals surface area contributed by atoms with Gasteiger partial charge in [-0.3, -0.25) is 9.69 Å². The number of alkyl halides is 3. The van der Waals surface area contributed by atoms with Gasteiger partial charge in [0.15, 0.2) is 0 Å². The van der Waals surface area contributed by atoms with E-state index < -0.39 is 11.7 Å². The number of phenols is 2. The molecule has 6 nitrogen and oxygen atoms in total. The third-order valence-corrected chi connectivity index (χ3v) is 5.01. The molecule has 0 fully saturated rings. The Morgan fingerprint density at radius 1 is 1.07 bits per heavy atom. The van der Waals surface area contributed by atoms with Crippen molar-refractivity contribution in [3.8, 4) is 22.9 Å². The van der Waals surface area contributed by atoms with Crippen molar-refractivity contribution < 1.29 is 23.4 Å². The van der Waals surface area contributed by atoms with E-state index in [1.807, 2.05) is 4.90 Å². The summed E-state index contributed by atoms with van der Waals surface area (Å²) in [5.74, 6) is 0.132. The Hall–Kier alpha value is -3.33. The number of hydrogen-bond acceptors (Lipinski definition) is 5. The van der Waals surface area contributed by atoms with Crippen molar-refractivity contribution in [1.29, 1.82) is 0 Å². The highest BCUT2D eigenvalue weighted by atomic mass is 19.4. The van der Waals surface area contributed by atoms with Crippen LogP contribution in [0, 0.1) is 0 Å². The van der Waals surface area contributed by atoms with E-state index in [1.165, 1.54) is 18.2 Å². The fraction of sp³-hybridized carbons (Fsp3) is 0.238. The van der Waals surface area contributed by atoms with Crippen LogP contribution < -0.4 is 5.56 Å². The van der Waals surface area contributed by atoms with Crippen LogP contribution in [0.4, 0.5) is 13.2 Å². The molecule has 0 spiro atoms. The van der Waals surface area contributed by atoms with Gasteiger partial charge in [-0.05, 0) is 36.2 Å². The second-order valence-corrected chi connectivity index (χ2v) is 7.23. The lowest BCUT2D eigenvalue weighted by molar-refractivity contribution is -0.137. The van der Waals surface area contributed by atoms with E-state index in [9.17, 15) is 28.2 Å². The second-order valence-electron chi connectivity index (χ2n) is 7.23. The Kier molecular flexibility index (Phi) is 4.98. The molecule has 156 valence electrons. The molecule has 1 aliphatic rings. The minimum absolute atomic E-state index is 0.0402. The summed E-state index contributed by atoms with van der Waals surface area (Å²) in [5, 5.41) is 19.3. The maximum Gasteiger partial charge on any atom is 0.416 e. The fourth-order valence-electron chi connectivity index (χ4n) is 3.59. The van der Waals surface area contributed by atoms with Crippen LogP contribution in [0.5, 0.6) is 11.5 Å². The SMILES string of the molecule is O=c1[nH]c(-c2ccc(C(F)(F)F)cc2)nc2c1CCN(Cc1cc(O)cc(O)c1)C2. The van der Waals surface area contributed by atoms with E-state index in [0.717, 1.165) is 12.1 Å². The number of halogens is 3. The van der Waals surface area contributed by atoms with Crippen LogP contribution >= 0.6 is 0 Å². The summed E-state index contributed by atoms with van der Waals surface area (Å²) in [4.78, 5) is 21.6. The molecule has 30 heavy (non-hydrogen) atoms. The molecule has 0 amide bonds. The van der Waals surface area contributed by atoms with Crippen molar-refractivity contribution in [1.82, 2.24) is 14.9 Å². The summed E-state index contributed by atoms with van der Waals surface area (Å²) >= 11 is 0. The van der Waals surface area contributed by atoms with E-state index in [4.69, 9.17) is 0 Å². The van der Waals surface area contributed by atoms with Crippen molar-refractivity contribution in [2.45, 2.75) is 25.7 Å². The first kappa shape index (κ1) is 20.0. The molecule has 1 aliphatic heterocycles. The summed E-state index contributed by atoms with van der Waals surface area (Å²) in [5.41, 5.74) is 1.14. The molecule has 0 bridgehead atoms. The van der Waals surface area contributed by atoms with Gasteiger partial charge in [0.1, 0.15) is 17.3 Å². The zero-order valence-electron chi connectivity index (χ0n) is 15.7. The number of nitrogens with one attached hydrogen (secondary N) is 1. The summed E-state index contributed by atoms with van der Waals surface area (Å²) in [7, 11) is 0. The van der Waals surface area contributed by atoms with E-state index in [0.29, 0.717) is 48.4 Å². The molecule has 0 radical (unpaired) electrons. The molecule has 0 saturated carbocycles. The zero-order chi connectivity index (χ0) is 21.5. The van der Waals surface area contributed by atoms with Gasteiger partial charge < -0.3 is 15.2 Å². The summed E-state index contributed by atoms with van der Waals surface area (Å²) in [6, 6.07) is 8.81. The average molecular weight is 417 g/mol. The van der Waals surface area contributed by atoms with Crippen LogP contribution in [0.25, 0.3) is 11.4 Å². The number of fused-ring (bicyclic) bond motifs is 1. The van der Waals surface area contributed by atoms with Gasteiger partial charge in [0.2, 0.25) is 0 Å². The first-order valence-electron chi connectivity index (χ1n) is 9.23. The smallest absolute Gasteiger partial charge is 0.416 e. The van der Waals surface area contributed by atoms with Gasteiger partial charge in [0.25, 0.3) is 5.56 Å². The van der Waals surface area contributed by atoms with Gasteiger partial charge >= 0.3 is 6.18 Å². The molecule has 1 aromatic heterocycles. The number of aromatic amines is 1. The molecule has 3 aromatic rings. The average Bonchev–Trinajstić information content (AvgIpc) is 2.66. The fourth-order valence-corrected chi connectivity index (χ4v) is 3.59. The Morgan fingerprint density at radius 3 is 2.37 bits per heavy atom. The molecule has 3 N–H and O–H groups in total. The minimum atomic E-state index is -4.43. The number of nitrogens with zero attached hydrogens (tertiary/aromatic N) is 2. The van der Waals surface area contributed by atoms with Crippen molar-refractivity contribution in [3.05, 3.63) is 75.2 Å². The maximum atomic E-state index is 12.8. The van der Waals surface area contributed by atoms with Crippen molar-refractivity contribution in [2.75, 3.05) is 6.54 Å². The molecule has 2 aromatic carbocycles. The highest BCUT2D eigenvalue weighted by molar-refractivity contribution is 5.56. The molecule has 9 heteroatoms. The largest absolute Gasteiger partial charge is 0.508 e. The maximum absolute atomic E-state index is 12.8. The lowest BCUT2D eigenvalue weighted by Crippen LogP contribution is -2.35. The number of H-pyrrole nitrogens is 1. The van der Waals surface area contributed by atoms with Crippen molar-refractivity contribution in [2.24, 2.45) is 0 Å². The monoisotopic (exact) mass is 417 g/mol. The zero-order valence-corrected chi connectivity index (χ0v) is 15.7. The highest BCUT2D eigenvalue weighted by Gasteiger charge is 2.30. The molecular weight excluding hydrogens is 399 g/mol. The van der Waals surface area contributed by atoms with Crippen LogP contribution in [0.15, 0.2) is 47.3 Å². The number of benzene rings is 2.